The first-order valence-corrected chi connectivity index (χ1v) is 8.27. The van der Waals surface area contributed by atoms with E-state index in [9.17, 15) is 9.18 Å². The van der Waals surface area contributed by atoms with Crippen LogP contribution in [-0.4, -0.2) is 19.2 Å². The van der Waals surface area contributed by atoms with Gasteiger partial charge in [-0.05, 0) is 53.9 Å². The molecule has 0 saturated heterocycles. The van der Waals surface area contributed by atoms with Gasteiger partial charge in [0.05, 0.1) is 0 Å². The van der Waals surface area contributed by atoms with E-state index < -0.39 is 0 Å². The molecule has 3 heterocycles. The molecule has 0 fully saturated rings. The number of halogens is 1. The molecule has 3 aromatic heterocycles. The summed E-state index contributed by atoms with van der Waals surface area (Å²) in [5, 5.41) is 8.42. The molecule has 5 nitrogen and oxygen atoms in total. The van der Waals surface area contributed by atoms with Crippen molar-refractivity contribution in [1.82, 2.24) is 19.2 Å². The van der Waals surface area contributed by atoms with Crippen LogP contribution in [0.15, 0.2) is 59.7 Å². The predicted molar refractivity (Wildman–Crippen MR) is 97.6 cm³/mol. The predicted octanol–water partition coefficient (Wildman–Crippen LogP) is 3.13. The second-order valence-electron chi connectivity index (χ2n) is 6.40. The van der Waals surface area contributed by atoms with Crippen molar-refractivity contribution in [2.75, 3.05) is 0 Å². The van der Waals surface area contributed by atoms with Crippen LogP contribution < -0.4 is 5.56 Å². The van der Waals surface area contributed by atoms with Crippen LogP contribution in [0.2, 0.25) is 0 Å². The van der Waals surface area contributed by atoms with Crippen molar-refractivity contribution in [1.29, 1.82) is 0 Å². The summed E-state index contributed by atoms with van der Waals surface area (Å²) in [6.45, 7) is 1.80. The van der Waals surface area contributed by atoms with Gasteiger partial charge < -0.3 is 4.57 Å². The van der Waals surface area contributed by atoms with Gasteiger partial charge in [0, 0.05) is 31.4 Å². The highest BCUT2D eigenvalue weighted by Crippen LogP contribution is 2.21. The second-order valence-corrected chi connectivity index (χ2v) is 6.40. The lowest BCUT2D eigenvalue weighted by atomic mass is 10.1. The summed E-state index contributed by atoms with van der Waals surface area (Å²) in [5.41, 5.74) is 4.14. The summed E-state index contributed by atoms with van der Waals surface area (Å²) in [7, 11) is 1.74. The summed E-state index contributed by atoms with van der Waals surface area (Å²) in [6.07, 6.45) is 4.24. The molecule has 0 radical (unpaired) electrons. The topological polar surface area (TPSA) is 52.2 Å². The van der Waals surface area contributed by atoms with E-state index in [1.807, 2.05) is 41.1 Å². The number of aromatic nitrogens is 4. The Morgan fingerprint density at radius 1 is 1.04 bits per heavy atom. The molecular formula is C20H17FN4O. The van der Waals surface area contributed by atoms with Crippen molar-refractivity contribution in [3.05, 3.63) is 88.0 Å². The summed E-state index contributed by atoms with van der Waals surface area (Å²) >= 11 is 0. The fourth-order valence-electron chi connectivity index (χ4n) is 3.09. The lowest BCUT2D eigenvalue weighted by molar-refractivity contribution is 0.625. The zero-order chi connectivity index (χ0) is 18.3. The molecule has 0 amide bonds. The zero-order valence-corrected chi connectivity index (χ0v) is 14.5. The molecule has 0 spiro atoms. The standard InChI is InChI=1S/C20H17FN4O/c1-13-8-16(11-24(2)20(13)26)15-6-7-18-22-23-19(25(18)12-15)10-14-4-3-5-17(21)9-14/h3-9,11-12H,10H2,1-2H3. The fourth-order valence-corrected chi connectivity index (χ4v) is 3.09. The molecule has 4 rings (SSSR count). The Balaban J connectivity index is 1.78. The Morgan fingerprint density at radius 3 is 2.65 bits per heavy atom. The molecule has 0 aliphatic carbocycles. The van der Waals surface area contributed by atoms with Gasteiger partial charge >= 0.3 is 0 Å². The maximum Gasteiger partial charge on any atom is 0.253 e. The molecule has 130 valence electrons. The van der Waals surface area contributed by atoms with Crippen LogP contribution in [0.4, 0.5) is 4.39 Å². The van der Waals surface area contributed by atoms with Crippen LogP contribution in [-0.2, 0) is 13.5 Å². The largest absolute Gasteiger partial charge is 0.318 e. The van der Waals surface area contributed by atoms with Crippen molar-refractivity contribution in [3.63, 3.8) is 0 Å². The first-order valence-electron chi connectivity index (χ1n) is 8.27. The van der Waals surface area contributed by atoms with Gasteiger partial charge in [0.25, 0.3) is 5.56 Å². The van der Waals surface area contributed by atoms with Gasteiger partial charge in [0.15, 0.2) is 5.65 Å². The first kappa shape index (κ1) is 16.2. The molecule has 0 atom stereocenters. The van der Waals surface area contributed by atoms with Crippen molar-refractivity contribution < 1.29 is 4.39 Å². The lowest BCUT2D eigenvalue weighted by Crippen LogP contribution is -2.18. The van der Waals surface area contributed by atoms with Crippen LogP contribution >= 0.6 is 0 Å². The molecule has 0 saturated carbocycles. The van der Waals surface area contributed by atoms with Crippen molar-refractivity contribution in [3.8, 4) is 11.1 Å². The maximum absolute atomic E-state index is 13.4. The van der Waals surface area contributed by atoms with Crippen LogP contribution in [0.5, 0.6) is 0 Å². The highest BCUT2D eigenvalue weighted by Gasteiger charge is 2.10. The Morgan fingerprint density at radius 2 is 1.88 bits per heavy atom. The molecule has 0 aliphatic heterocycles. The van der Waals surface area contributed by atoms with Gasteiger partial charge in [-0.1, -0.05) is 12.1 Å². The third-order valence-electron chi connectivity index (χ3n) is 4.42. The number of aryl methyl sites for hydroxylation is 2. The normalized spacial score (nSPS) is 11.2. The molecule has 0 aliphatic rings. The van der Waals surface area contributed by atoms with Crippen LogP contribution in [0.25, 0.3) is 16.8 Å². The van der Waals surface area contributed by atoms with Gasteiger partial charge in [-0.3, -0.25) is 9.20 Å². The van der Waals surface area contributed by atoms with E-state index >= 15 is 0 Å². The third-order valence-corrected chi connectivity index (χ3v) is 4.42. The number of pyridine rings is 2. The first-order chi connectivity index (χ1) is 12.5. The van der Waals surface area contributed by atoms with E-state index in [-0.39, 0.29) is 11.4 Å². The summed E-state index contributed by atoms with van der Waals surface area (Å²) < 4.78 is 16.9. The van der Waals surface area contributed by atoms with Crippen molar-refractivity contribution in [2.24, 2.45) is 7.05 Å². The second kappa shape index (κ2) is 6.22. The molecule has 1 aromatic carbocycles. The molecule has 0 unspecified atom stereocenters. The number of rotatable bonds is 3. The fraction of sp³-hybridized carbons (Fsp3) is 0.150. The molecule has 6 heteroatoms. The minimum Gasteiger partial charge on any atom is -0.318 e. The van der Waals surface area contributed by atoms with Gasteiger partial charge in [0.2, 0.25) is 0 Å². The minimum absolute atomic E-state index is 0.00841. The highest BCUT2D eigenvalue weighted by atomic mass is 19.1. The van der Waals surface area contributed by atoms with Gasteiger partial charge in [-0.15, -0.1) is 10.2 Å². The Bertz CT molecular complexity index is 1150. The van der Waals surface area contributed by atoms with Crippen LogP contribution in [0, 0.1) is 12.7 Å². The molecule has 26 heavy (non-hydrogen) atoms. The summed E-state index contributed by atoms with van der Waals surface area (Å²) in [5.74, 6) is 0.465. The average molecular weight is 348 g/mol. The molecule has 0 N–H and O–H groups in total. The van der Waals surface area contributed by atoms with E-state index in [0.29, 0.717) is 12.0 Å². The van der Waals surface area contributed by atoms with Crippen LogP contribution in [0.1, 0.15) is 17.0 Å². The zero-order valence-electron chi connectivity index (χ0n) is 14.5. The number of benzene rings is 1. The van der Waals surface area contributed by atoms with Gasteiger partial charge in [-0.2, -0.15) is 0 Å². The Kier molecular flexibility index (Phi) is 3.88. The number of fused-ring (bicyclic) bond motifs is 1. The van der Waals surface area contributed by atoms with E-state index in [1.54, 1.807) is 24.6 Å². The number of hydrogen-bond donors (Lipinski definition) is 0. The molecular weight excluding hydrogens is 331 g/mol. The smallest absolute Gasteiger partial charge is 0.253 e. The average Bonchev–Trinajstić information content (AvgIpc) is 3.01. The van der Waals surface area contributed by atoms with E-state index in [4.69, 9.17) is 0 Å². The third kappa shape index (κ3) is 2.90. The van der Waals surface area contributed by atoms with Gasteiger partial charge in [0.1, 0.15) is 11.6 Å². The van der Waals surface area contributed by atoms with Crippen molar-refractivity contribution >= 4 is 5.65 Å². The van der Waals surface area contributed by atoms with Crippen molar-refractivity contribution in [2.45, 2.75) is 13.3 Å². The number of hydrogen-bond acceptors (Lipinski definition) is 3. The Labute approximate surface area is 149 Å². The monoisotopic (exact) mass is 348 g/mol. The maximum atomic E-state index is 13.4. The number of nitrogens with zero attached hydrogens (tertiary/aromatic N) is 4. The lowest BCUT2D eigenvalue weighted by Gasteiger charge is -2.08. The summed E-state index contributed by atoms with van der Waals surface area (Å²) in [4.78, 5) is 11.9. The SMILES string of the molecule is Cc1cc(-c2ccc3nnc(Cc4cccc(F)c4)n3c2)cn(C)c1=O. The minimum atomic E-state index is -0.266. The van der Waals surface area contributed by atoms with Gasteiger partial charge in [-0.25, -0.2) is 4.39 Å². The molecule has 4 aromatic rings. The van der Waals surface area contributed by atoms with Crippen LogP contribution in [0.3, 0.4) is 0 Å². The quantitative estimate of drug-likeness (QED) is 0.572. The van der Waals surface area contributed by atoms with E-state index in [1.165, 1.54) is 12.1 Å². The Hall–Kier alpha value is -3.28. The molecule has 0 bridgehead atoms. The van der Waals surface area contributed by atoms with E-state index in [0.717, 1.165) is 28.2 Å². The van der Waals surface area contributed by atoms with E-state index in [2.05, 4.69) is 10.2 Å². The highest BCUT2D eigenvalue weighted by molar-refractivity contribution is 5.64. The summed E-state index contributed by atoms with van der Waals surface area (Å²) in [6, 6.07) is 12.2.